The molecule has 0 atom stereocenters. The molecule has 0 amide bonds. The molecule has 24 heavy (non-hydrogen) atoms. The van der Waals surface area contributed by atoms with Gasteiger partial charge in [0.25, 0.3) is 0 Å². The molecule has 0 unspecified atom stereocenters. The molecule has 1 aromatic rings. The molecule has 1 rings (SSSR count). The number of nitrogens with zero attached hydrogens (tertiary/aromatic N) is 2. The summed E-state index contributed by atoms with van der Waals surface area (Å²) in [5.41, 5.74) is -0.835. The summed E-state index contributed by atoms with van der Waals surface area (Å²) in [6.07, 6.45) is -3.17. The SMILES string of the molecule is CN=C(NCCCOCCOC)NCCc1nc(C(F)(F)F)cs1. The second kappa shape index (κ2) is 11.2. The fourth-order valence-corrected chi connectivity index (χ4v) is 2.49. The first kappa shape index (κ1) is 20.7. The zero-order valence-corrected chi connectivity index (χ0v) is 14.6. The van der Waals surface area contributed by atoms with Gasteiger partial charge in [0.05, 0.1) is 18.2 Å². The third kappa shape index (κ3) is 8.46. The van der Waals surface area contributed by atoms with Gasteiger partial charge in [-0.25, -0.2) is 4.98 Å². The molecule has 0 bridgehead atoms. The lowest BCUT2D eigenvalue weighted by Gasteiger charge is -2.11. The summed E-state index contributed by atoms with van der Waals surface area (Å²) in [5.74, 6) is 0.597. The van der Waals surface area contributed by atoms with E-state index in [1.54, 1.807) is 14.2 Å². The van der Waals surface area contributed by atoms with E-state index in [0.717, 1.165) is 23.1 Å². The smallest absolute Gasteiger partial charge is 0.382 e. The molecule has 0 aliphatic carbocycles. The van der Waals surface area contributed by atoms with Gasteiger partial charge in [0.2, 0.25) is 0 Å². The van der Waals surface area contributed by atoms with E-state index in [1.807, 2.05) is 0 Å². The van der Waals surface area contributed by atoms with Gasteiger partial charge in [0.1, 0.15) is 0 Å². The van der Waals surface area contributed by atoms with Crippen LogP contribution in [0.15, 0.2) is 10.4 Å². The van der Waals surface area contributed by atoms with E-state index < -0.39 is 11.9 Å². The van der Waals surface area contributed by atoms with Crippen LogP contribution in [0.2, 0.25) is 0 Å². The minimum atomic E-state index is -4.38. The Bertz CT molecular complexity index is 495. The number of halogens is 3. The van der Waals surface area contributed by atoms with Crippen molar-refractivity contribution in [3.63, 3.8) is 0 Å². The summed E-state index contributed by atoms with van der Waals surface area (Å²) in [6, 6.07) is 0. The van der Waals surface area contributed by atoms with Gasteiger partial charge in [-0.1, -0.05) is 0 Å². The summed E-state index contributed by atoms with van der Waals surface area (Å²) in [6.45, 7) is 2.89. The molecule has 1 heterocycles. The first-order valence-corrected chi connectivity index (χ1v) is 8.38. The molecule has 1 aromatic heterocycles. The second-order valence-corrected chi connectivity index (χ2v) is 5.70. The molecule has 0 aliphatic rings. The number of nitrogens with one attached hydrogen (secondary N) is 2. The number of rotatable bonds is 10. The molecule has 0 saturated carbocycles. The van der Waals surface area contributed by atoms with E-state index in [4.69, 9.17) is 9.47 Å². The number of guanidine groups is 1. The number of methoxy groups -OCH3 is 1. The van der Waals surface area contributed by atoms with Gasteiger partial charge in [0.15, 0.2) is 11.7 Å². The average Bonchev–Trinajstić information content (AvgIpc) is 3.01. The van der Waals surface area contributed by atoms with E-state index in [0.29, 0.717) is 50.3 Å². The van der Waals surface area contributed by atoms with Crippen LogP contribution < -0.4 is 10.6 Å². The van der Waals surface area contributed by atoms with Gasteiger partial charge in [-0.15, -0.1) is 11.3 Å². The Labute approximate surface area is 143 Å². The lowest BCUT2D eigenvalue weighted by molar-refractivity contribution is -0.140. The first-order chi connectivity index (χ1) is 11.5. The molecule has 2 N–H and O–H groups in total. The highest BCUT2D eigenvalue weighted by Gasteiger charge is 2.33. The van der Waals surface area contributed by atoms with Crippen molar-refractivity contribution in [2.24, 2.45) is 4.99 Å². The van der Waals surface area contributed by atoms with E-state index in [1.165, 1.54) is 0 Å². The summed E-state index contributed by atoms with van der Waals surface area (Å²) in [4.78, 5) is 7.63. The van der Waals surface area contributed by atoms with Gasteiger partial charge in [-0.2, -0.15) is 13.2 Å². The Hall–Kier alpha value is -1.39. The van der Waals surface area contributed by atoms with Crippen LogP contribution in [0, 0.1) is 0 Å². The Kier molecular flexibility index (Phi) is 9.65. The monoisotopic (exact) mass is 368 g/mol. The topological polar surface area (TPSA) is 67.8 Å². The predicted octanol–water partition coefficient (Wildman–Crippen LogP) is 1.92. The van der Waals surface area contributed by atoms with Gasteiger partial charge >= 0.3 is 6.18 Å². The van der Waals surface area contributed by atoms with Crippen LogP contribution in [-0.4, -0.2) is 58.0 Å². The van der Waals surface area contributed by atoms with Crippen LogP contribution in [0.3, 0.4) is 0 Å². The summed E-state index contributed by atoms with van der Waals surface area (Å²) in [5, 5.41) is 7.62. The van der Waals surface area contributed by atoms with Gasteiger partial charge in [0, 0.05) is 45.7 Å². The van der Waals surface area contributed by atoms with E-state index in [2.05, 4.69) is 20.6 Å². The van der Waals surface area contributed by atoms with Crippen molar-refractivity contribution in [3.05, 3.63) is 16.1 Å². The summed E-state index contributed by atoms with van der Waals surface area (Å²) >= 11 is 1.01. The zero-order valence-electron chi connectivity index (χ0n) is 13.8. The maximum absolute atomic E-state index is 12.5. The number of aromatic nitrogens is 1. The average molecular weight is 368 g/mol. The van der Waals surface area contributed by atoms with Crippen molar-refractivity contribution in [2.45, 2.75) is 19.0 Å². The molecular formula is C14H23F3N4O2S. The highest BCUT2D eigenvalue weighted by molar-refractivity contribution is 7.09. The molecule has 0 fully saturated rings. The minimum Gasteiger partial charge on any atom is -0.382 e. The van der Waals surface area contributed by atoms with Crippen LogP contribution in [0.25, 0.3) is 0 Å². The van der Waals surface area contributed by atoms with Gasteiger partial charge in [-0.05, 0) is 6.42 Å². The largest absolute Gasteiger partial charge is 0.434 e. The molecule has 10 heteroatoms. The first-order valence-electron chi connectivity index (χ1n) is 7.50. The van der Waals surface area contributed by atoms with Crippen molar-refractivity contribution in [1.82, 2.24) is 15.6 Å². The lowest BCUT2D eigenvalue weighted by atomic mass is 10.4. The fraction of sp³-hybridized carbons (Fsp3) is 0.714. The Morgan fingerprint density at radius 3 is 2.62 bits per heavy atom. The van der Waals surface area contributed by atoms with Crippen molar-refractivity contribution < 1.29 is 22.6 Å². The number of ether oxygens (including phenoxy) is 2. The van der Waals surface area contributed by atoms with Crippen molar-refractivity contribution in [3.8, 4) is 0 Å². The van der Waals surface area contributed by atoms with Crippen molar-refractivity contribution in [2.75, 3.05) is 47.1 Å². The van der Waals surface area contributed by atoms with Crippen LogP contribution in [-0.2, 0) is 22.1 Å². The molecule has 138 valence electrons. The lowest BCUT2D eigenvalue weighted by Crippen LogP contribution is -2.39. The highest BCUT2D eigenvalue weighted by Crippen LogP contribution is 2.29. The van der Waals surface area contributed by atoms with Crippen LogP contribution in [0.1, 0.15) is 17.1 Å². The van der Waals surface area contributed by atoms with Crippen molar-refractivity contribution >= 4 is 17.3 Å². The Balaban J connectivity index is 2.17. The number of thiazole rings is 1. The third-order valence-electron chi connectivity index (χ3n) is 2.89. The van der Waals surface area contributed by atoms with Crippen molar-refractivity contribution in [1.29, 1.82) is 0 Å². The maximum Gasteiger partial charge on any atom is 0.434 e. The van der Waals surface area contributed by atoms with E-state index in [9.17, 15) is 13.2 Å². The number of hydrogen-bond acceptors (Lipinski definition) is 5. The third-order valence-corrected chi connectivity index (χ3v) is 3.80. The number of aliphatic imine (C=N–C) groups is 1. The molecule has 0 spiro atoms. The molecule has 0 radical (unpaired) electrons. The van der Waals surface area contributed by atoms with E-state index >= 15 is 0 Å². The van der Waals surface area contributed by atoms with Crippen LogP contribution in [0.5, 0.6) is 0 Å². The van der Waals surface area contributed by atoms with Gasteiger partial charge in [-0.3, -0.25) is 4.99 Å². The Morgan fingerprint density at radius 1 is 1.25 bits per heavy atom. The number of alkyl halides is 3. The normalized spacial score (nSPS) is 12.5. The summed E-state index contributed by atoms with van der Waals surface area (Å²) in [7, 11) is 3.26. The highest BCUT2D eigenvalue weighted by atomic mass is 32.1. The Morgan fingerprint density at radius 2 is 2.00 bits per heavy atom. The summed E-state index contributed by atoms with van der Waals surface area (Å²) < 4.78 is 47.6. The molecular weight excluding hydrogens is 345 g/mol. The zero-order chi connectivity index (χ0) is 17.8. The minimum absolute atomic E-state index is 0.404. The van der Waals surface area contributed by atoms with E-state index in [-0.39, 0.29) is 0 Å². The molecule has 6 nitrogen and oxygen atoms in total. The second-order valence-electron chi connectivity index (χ2n) is 4.76. The fourth-order valence-electron chi connectivity index (χ4n) is 1.69. The van der Waals surface area contributed by atoms with Crippen LogP contribution >= 0.6 is 11.3 Å². The maximum atomic E-state index is 12.5. The van der Waals surface area contributed by atoms with Gasteiger partial charge < -0.3 is 20.1 Å². The molecule has 0 saturated heterocycles. The molecule has 0 aromatic carbocycles. The molecule has 0 aliphatic heterocycles. The predicted molar refractivity (Wildman–Crippen MR) is 87.5 cm³/mol. The number of hydrogen-bond donors (Lipinski definition) is 2. The quantitative estimate of drug-likeness (QED) is 0.375. The van der Waals surface area contributed by atoms with Crippen LogP contribution in [0.4, 0.5) is 13.2 Å². The standard InChI is InChI=1S/C14H23F3N4O2S/c1-18-13(19-5-3-7-23-9-8-22-2)20-6-4-12-21-11(10-24-12)14(15,16)17/h10H,3-9H2,1-2H3,(H2,18,19,20).